The van der Waals surface area contributed by atoms with Gasteiger partial charge in [-0.15, -0.1) is 15.7 Å². The fourth-order valence-electron chi connectivity index (χ4n) is 3.60. The Labute approximate surface area is 170 Å². The molecule has 148 valence electrons. The zero-order chi connectivity index (χ0) is 20.1. The minimum absolute atomic E-state index is 0.0446. The lowest BCUT2D eigenvalue weighted by molar-refractivity contribution is 0.562. The normalized spacial score (nSPS) is 16.1. The largest absolute Gasteiger partial charge is 0.320 e. The molecule has 4 nitrogen and oxygen atoms in total. The van der Waals surface area contributed by atoms with E-state index in [1.54, 1.807) is 12.1 Å². The topological polar surface area (TPSA) is 51.4 Å². The van der Waals surface area contributed by atoms with E-state index in [1.807, 2.05) is 30.3 Å². The number of nitrogens with zero attached hydrogens (tertiary/aromatic N) is 2. The number of fused-ring (bicyclic) bond motifs is 1. The van der Waals surface area contributed by atoms with Crippen molar-refractivity contribution in [1.82, 2.24) is 4.57 Å². The molecule has 3 aromatic rings. The van der Waals surface area contributed by atoms with Crippen molar-refractivity contribution in [3.8, 4) is 0 Å². The lowest BCUT2D eigenvalue weighted by atomic mass is 9.93. The van der Waals surface area contributed by atoms with E-state index in [2.05, 4.69) is 36.7 Å². The summed E-state index contributed by atoms with van der Waals surface area (Å²) < 4.78 is 33.0. The van der Waals surface area contributed by atoms with Gasteiger partial charge in [0.2, 0.25) is 4.80 Å². The van der Waals surface area contributed by atoms with Gasteiger partial charge in [0.05, 0.1) is 4.90 Å². The van der Waals surface area contributed by atoms with Gasteiger partial charge in [-0.1, -0.05) is 57.2 Å². The van der Waals surface area contributed by atoms with E-state index in [0.29, 0.717) is 16.1 Å². The Morgan fingerprint density at radius 3 is 2.46 bits per heavy atom. The first-order chi connectivity index (χ1) is 13.2. The Morgan fingerprint density at radius 2 is 1.79 bits per heavy atom. The van der Waals surface area contributed by atoms with E-state index in [4.69, 9.17) is 0 Å². The van der Waals surface area contributed by atoms with Crippen LogP contribution < -0.4 is 4.80 Å². The molecule has 6 heteroatoms. The second kappa shape index (κ2) is 6.85. The number of aromatic nitrogens is 1. The van der Waals surface area contributed by atoms with E-state index in [1.165, 1.54) is 29.1 Å². The molecule has 1 aliphatic carbocycles. The Kier molecular flexibility index (Phi) is 4.74. The van der Waals surface area contributed by atoms with Gasteiger partial charge in [0.25, 0.3) is 10.0 Å². The van der Waals surface area contributed by atoms with Gasteiger partial charge in [-0.2, -0.15) is 8.42 Å². The van der Waals surface area contributed by atoms with Crippen molar-refractivity contribution >= 4 is 32.1 Å². The Morgan fingerprint density at radius 1 is 1.11 bits per heavy atom. The van der Waals surface area contributed by atoms with Crippen LogP contribution in [-0.2, 0) is 22.0 Å². The first kappa shape index (κ1) is 19.4. The number of thiazole rings is 1. The smallest absolute Gasteiger partial charge is 0.285 e. The molecule has 0 amide bonds. The highest BCUT2D eigenvalue weighted by molar-refractivity contribution is 7.90. The molecule has 28 heavy (non-hydrogen) atoms. The standard InChI is InChI=1S/C22H26N2O2S2/c1-15-20(22(2,3)4)27-21(24(15)14-16-12-13-16)23-28(25,26)19-11-7-9-17-8-5-6-10-18(17)19/h5-11,16H,12-14H2,1-4H3/b23-21+. The van der Waals surface area contributed by atoms with Crippen LogP contribution in [-0.4, -0.2) is 13.0 Å². The van der Waals surface area contributed by atoms with Crippen molar-refractivity contribution in [3.05, 3.63) is 57.8 Å². The zero-order valence-electron chi connectivity index (χ0n) is 16.8. The molecule has 0 spiro atoms. The van der Waals surface area contributed by atoms with Gasteiger partial charge in [-0.3, -0.25) is 0 Å². The summed E-state index contributed by atoms with van der Waals surface area (Å²) >= 11 is 1.51. The molecule has 0 bridgehead atoms. The van der Waals surface area contributed by atoms with Crippen LogP contribution in [0.5, 0.6) is 0 Å². The van der Waals surface area contributed by atoms with Gasteiger partial charge < -0.3 is 4.57 Å². The predicted molar refractivity (Wildman–Crippen MR) is 115 cm³/mol. The lowest BCUT2D eigenvalue weighted by Gasteiger charge is -2.17. The Bertz CT molecular complexity index is 1200. The predicted octanol–water partition coefficient (Wildman–Crippen LogP) is 5.01. The molecule has 0 unspecified atom stereocenters. The third-order valence-corrected chi connectivity index (χ3v) is 8.25. The van der Waals surface area contributed by atoms with Crippen molar-refractivity contribution < 1.29 is 8.42 Å². The maximum atomic E-state index is 13.3. The van der Waals surface area contributed by atoms with E-state index in [0.717, 1.165) is 17.6 Å². The lowest BCUT2D eigenvalue weighted by Crippen LogP contribution is -2.20. The zero-order valence-corrected chi connectivity index (χ0v) is 18.4. The highest BCUT2D eigenvalue weighted by Gasteiger charge is 2.28. The van der Waals surface area contributed by atoms with E-state index >= 15 is 0 Å². The fourth-order valence-corrected chi connectivity index (χ4v) is 6.22. The number of hydrogen-bond donors (Lipinski definition) is 0. The SMILES string of the molecule is Cc1c(C(C)(C)C)s/c(=N/S(=O)(=O)c2cccc3ccccc23)n1CC1CC1. The van der Waals surface area contributed by atoms with Crippen molar-refractivity contribution in [2.45, 2.75) is 57.4 Å². The molecule has 0 aliphatic heterocycles. The van der Waals surface area contributed by atoms with Crippen molar-refractivity contribution in [3.63, 3.8) is 0 Å². The van der Waals surface area contributed by atoms with Crippen LogP contribution in [0.25, 0.3) is 10.8 Å². The summed E-state index contributed by atoms with van der Waals surface area (Å²) in [6.07, 6.45) is 2.42. The molecular formula is C22H26N2O2S2. The Balaban J connectivity index is 1.92. The average Bonchev–Trinajstić information content (AvgIpc) is 3.40. The summed E-state index contributed by atoms with van der Waals surface area (Å²) in [4.78, 5) is 2.05. The third-order valence-electron chi connectivity index (χ3n) is 5.20. The number of rotatable bonds is 4. The van der Waals surface area contributed by atoms with Crippen LogP contribution in [0.15, 0.2) is 51.8 Å². The van der Waals surface area contributed by atoms with Crippen LogP contribution >= 0.6 is 11.3 Å². The minimum atomic E-state index is -3.81. The second-order valence-electron chi connectivity index (χ2n) is 8.65. The van der Waals surface area contributed by atoms with Crippen LogP contribution in [0.1, 0.15) is 44.2 Å². The summed E-state index contributed by atoms with van der Waals surface area (Å²) in [6, 6.07) is 12.9. The van der Waals surface area contributed by atoms with Crippen LogP contribution in [0.2, 0.25) is 0 Å². The molecule has 1 aliphatic rings. The maximum Gasteiger partial charge on any atom is 0.285 e. The molecule has 0 radical (unpaired) electrons. The van der Waals surface area contributed by atoms with Gasteiger partial charge in [0.15, 0.2) is 0 Å². The summed E-state index contributed by atoms with van der Waals surface area (Å²) in [5, 5.41) is 1.62. The van der Waals surface area contributed by atoms with E-state index in [9.17, 15) is 8.42 Å². The first-order valence-electron chi connectivity index (χ1n) is 9.66. The van der Waals surface area contributed by atoms with Gasteiger partial charge in [0.1, 0.15) is 0 Å². The van der Waals surface area contributed by atoms with Crippen LogP contribution in [0.3, 0.4) is 0 Å². The summed E-state index contributed by atoms with van der Waals surface area (Å²) in [6.45, 7) is 9.42. The molecule has 0 N–H and O–H groups in total. The second-order valence-corrected chi connectivity index (χ2v) is 11.2. The first-order valence-corrected chi connectivity index (χ1v) is 11.9. The molecule has 1 aromatic heterocycles. The van der Waals surface area contributed by atoms with E-state index in [-0.39, 0.29) is 10.3 Å². The van der Waals surface area contributed by atoms with Gasteiger partial charge in [-0.05, 0) is 42.6 Å². The van der Waals surface area contributed by atoms with Crippen LogP contribution in [0, 0.1) is 12.8 Å². The quantitative estimate of drug-likeness (QED) is 0.603. The van der Waals surface area contributed by atoms with Crippen molar-refractivity contribution in [2.24, 2.45) is 10.3 Å². The molecule has 2 aromatic carbocycles. The molecule has 4 rings (SSSR count). The number of benzene rings is 2. The molecule has 1 fully saturated rings. The summed E-state index contributed by atoms with van der Waals surface area (Å²) in [5.41, 5.74) is 1.09. The highest BCUT2D eigenvalue weighted by atomic mass is 32.2. The molecular weight excluding hydrogens is 388 g/mol. The van der Waals surface area contributed by atoms with E-state index < -0.39 is 10.0 Å². The van der Waals surface area contributed by atoms with Crippen molar-refractivity contribution in [2.75, 3.05) is 0 Å². The van der Waals surface area contributed by atoms with Crippen LogP contribution in [0.4, 0.5) is 0 Å². The monoisotopic (exact) mass is 414 g/mol. The molecule has 1 saturated carbocycles. The fraction of sp³-hybridized carbons (Fsp3) is 0.409. The highest BCUT2D eigenvalue weighted by Crippen LogP contribution is 2.34. The molecule has 0 atom stereocenters. The average molecular weight is 415 g/mol. The number of sulfonamides is 1. The summed E-state index contributed by atoms with van der Waals surface area (Å²) in [5.74, 6) is 0.639. The Hall–Kier alpha value is -1.92. The van der Waals surface area contributed by atoms with Crippen molar-refractivity contribution in [1.29, 1.82) is 0 Å². The van der Waals surface area contributed by atoms with Gasteiger partial charge in [0, 0.05) is 22.5 Å². The number of hydrogen-bond acceptors (Lipinski definition) is 3. The summed E-state index contributed by atoms with van der Waals surface area (Å²) in [7, 11) is -3.81. The minimum Gasteiger partial charge on any atom is -0.320 e. The van der Waals surface area contributed by atoms with Gasteiger partial charge in [-0.25, -0.2) is 0 Å². The molecule has 0 saturated heterocycles. The molecule has 1 heterocycles. The van der Waals surface area contributed by atoms with Gasteiger partial charge >= 0.3 is 0 Å². The third kappa shape index (κ3) is 3.67. The maximum absolute atomic E-state index is 13.3.